The minimum Gasteiger partial charge on any atom is -0.465 e. The van der Waals surface area contributed by atoms with Crippen LogP contribution in [0.3, 0.4) is 0 Å². The number of hydrogen-bond acceptors (Lipinski definition) is 5. The van der Waals surface area contributed by atoms with Crippen LogP contribution in [-0.2, 0) is 14.3 Å². The Balaban J connectivity index is 2.02. The van der Waals surface area contributed by atoms with Crippen molar-refractivity contribution in [2.24, 2.45) is 0 Å². The molecule has 2 aliphatic rings. The quantitative estimate of drug-likeness (QED) is 0.721. The van der Waals surface area contributed by atoms with Gasteiger partial charge in [-0.25, -0.2) is 0 Å². The van der Waals surface area contributed by atoms with Crippen LogP contribution in [0.1, 0.15) is 26.7 Å². The highest BCUT2D eigenvalue weighted by Crippen LogP contribution is 2.41. The average Bonchev–Trinajstić information content (AvgIpc) is 2.34. The molecule has 5 heteroatoms. The van der Waals surface area contributed by atoms with Crippen LogP contribution in [-0.4, -0.2) is 61.9 Å². The number of carbonyl (C=O) groups is 1. The van der Waals surface area contributed by atoms with Gasteiger partial charge >= 0.3 is 5.97 Å². The predicted octanol–water partition coefficient (Wildman–Crippen LogP) is 0.392. The van der Waals surface area contributed by atoms with Crippen molar-refractivity contribution in [3.63, 3.8) is 0 Å². The first-order chi connectivity index (χ1) is 8.73. The third-order valence-electron chi connectivity index (χ3n) is 3.91. The molecule has 0 aromatic heterocycles. The lowest BCUT2D eigenvalue weighted by molar-refractivity contribution is -0.179. The van der Waals surface area contributed by atoms with E-state index >= 15 is 0 Å². The minimum atomic E-state index is -0.419. The second-order valence-corrected chi connectivity index (χ2v) is 4.97. The Bertz CT molecular complexity index is 284. The van der Waals surface area contributed by atoms with Gasteiger partial charge in [-0.15, -0.1) is 0 Å². The summed E-state index contributed by atoms with van der Waals surface area (Å²) in [6, 6.07) is 0. The van der Waals surface area contributed by atoms with Crippen molar-refractivity contribution in [1.82, 2.24) is 10.2 Å². The summed E-state index contributed by atoms with van der Waals surface area (Å²) in [6.07, 6.45) is 1.77. The van der Waals surface area contributed by atoms with E-state index in [1.165, 1.54) is 0 Å². The van der Waals surface area contributed by atoms with Gasteiger partial charge in [0.2, 0.25) is 0 Å². The van der Waals surface area contributed by atoms with Gasteiger partial charge in [0, 0.05) is 45.6 Å². The van der Waals surface area contributed by atoms with E-state index in [4.69, 9.17) is 9.47 Å². The lowest BCUT2D eigenvalue weighted by Gasteiger charge is -2.52. The topological polar surface area (TPSA) is 50.8 Å². The van der Waals surface area contributed by atoms with Gasteiger partial charge in [0.15, 0.2) is 0 Å². The summed E-state index contributed by atoms with van der Waals surface area (Å²) in [6.45, 7) is 8.74. The maximum atomic E-state index is 12.3. The maximum absolute atomic E-state index is 12.3. The van der Waals surface area contributed by atoms with Gasteiger partial charge in [-0.05, 0) is 13.8 Å². The Hall–Kier alpha value is -0.650. The van der Waals surface area contributed by atoms with Gasteiger partial charge in [-0.1, -0.05) is 0 Å². The van der Waals surface area contributed by atoms with E-state index in [1.54, 1.807) is 0 Å². The van der Waals surface area contributed by atoms with Gasteiger partial charge < -0.3 is 14.8 Å². The molecular weight excluding hydrogens is 232 g/mol. The van der Waals surface area contributed by atoms with E-state index < -0.39 is 5.54 Å². The smallest absolute Gasteiger partial charge is 0.326 e. The number of hydrogen-bond donors (Lipinski definition) is 1. The van der Waals surface area contributed by atoms with Crippen LogP contribution in [0.5, 0.6) is 0 Å². The zero-order chi connectivity index (χ0) is 13.0. The minimum absolute atomic E-state index is 0.0668. The van der Waals surface area contributed by atoms with Crippen LogP contribution in [0, 0.1) is 0 Å². The van der Waals surface area contributed by atoms with Gasteiger partial charge in [0.05, 0.1) is 12.7 Å². The highest BCUT2D eigenvalue weighted by atomic mass is 16.5. The van der Waals surface area contributed by atoms with Crippen LogP contribution >= 0.6 is 0 Å². The molecule has 2 rings (SSSR count). The first kappa shape index (κ1) is 13.8. The molecule has 5 nitrogen and oxygen atoms in total. The molecule has 0 atom stereocenters. The zero-order valence-electron chi connectivity index (χ0n) is 11.4. The molecule has 0 aromatic carbocycles. The van der Waals surface area contributed by atoms with Crippen molar-refractivity contribution in [2.75, 3.05) is 39.4 Å². The van der Waals surface area contributed by atoms with E-state index in [2.05, 4.69) is 10.2 Å². The van der Waals surface area contributed by atoms with E-state index in [0.717, 1.165) is 39.0 Å². The standard InChI is InChI=1S/C13H24N2O3/c1-3-17-11-9-13(10-11,12(16)18-4-2)15-7-5-14-6-8-15/h11,14H,3-10H2,1-2H3. The number of nitrogens with zero attached hydrogens (tertiary/aromatic N) is 1. The van der Waals surface area contributed by atoms with Crippen molar-refractivity contribution in [1.29, 1.82) is 0 Å². The second kappa shape index (κ2) is 5.99. The summed E-state index contributed by atoms with van der Waals surface area (Å²) in [4.78, 5) is 14.5. The molecule has 0 spiro atoms. The summed E-state index contributed by atoms with van der Waals surface area (Å²) >= 11 is 0. The molecule has 0 radical (unpaired) electrons. The predicted molar refractivity (Wildman–Crippen MR) is 68.5 cm³/mol. The molecule has 18 heavy (non-hydrogen) atoms. The number of esters is 1. The Kier molecular flexibility index (Phi) is 4.59. The number of nitrogens with one attached hydrogen (secondary N) is 1. The van der Waals surface area contributed by atoms with Gasteiger partial charge in [0.1, 0.15) is 5.54 Å². The van der Waals surface area contributed by atoms with Crippen LogP contribution in [0.2, 0.25) is 0 Å². The molecule has 1 aliphatic carbocycles. The molecule has 1 aliphatic heterocycles. The fraction of sp³-hybridized carbons (Fsp3) is 0.923. The molecule has 1 saturated carbocycles. The average molecular weight is 256 g/mol. The highest BCUT2D eigenvalue weighted by Gasteiger charge is 2.55. The molecule has 1 N–H and O–H groups in total. The monoisotopic (exact) mass is 256 g/mol. The number of carbonyl (C=O) groups excluding carboxylic acids is 1. The Morgan fingerprint density at radius 2 is 1.94 bits per heavy atom. The van der Waals surface area contributed by atoms with E-state index in [9.17, 15) is 4.79 Å². The molecule has 104 valence electrons. The second-order valence-electron chi connectivity index (χ2n) is 4.97. The fourth-order valence-electron chi connectivity index (χ4n) is 2.96. The number of ether oxygens (including phenoxy) is 2. The maximum Gasteiger partial charge on any atom is 0.326 e. The van der Waals surface area contributed by atoms with Gasteiger partial charge in [-0.2, -0.15) is 0 Å². The number of rotatable bonds is 5. The van der Waals surface area contributed by atoms with Crippen LogP contribution in [0.15, 0.2) is 0 Å². The van der Waals surface area contributed by atoms with Crippen molar-refractivity contribution < 1.29 is 14.3 Å². The van der Waals surface area contributed by atoms with Crippen molar-refractivity contribution in [2.45, 2.75) is 38.3 Å². The summed E-state index contributed by atoms with van der Waals surface area (Å²) in [5.74, 6) is -0.0668. The first-order valence-electron chi connectivity index (χ1n) is 6.97. The molecular formula is C13H24N2O3. The zero-order valence-corrected chi connectivity index (χ0v) is 11.4. The van der Waals surface area contributed by atoms with Crippen molar-refractivity contribution >= 4 is 5.97 Å². The van der Waals surface area contributed by atoms with Crippen molar-refractivity contribution in [3.05, 3.63) is 0 Å². The SMILES string of the molecule is CCOC(=O)C1(N2CCNCC2)CC(OCC)C1. The summed E-state index contributed by atoms with van der Waals surface area (Å²) in [5.41, 5.74) is -0.419. The lowest BCUT2D eigenvalue weighted by atomic mass is 9.72. The van der Waals surface area contributed by atoms with E-state index in [-0.39, 0.29) is 12.1 Å². The Labute approximate surface area is 109 Å². The molecule has 0 aromatic rings. The molecule has 2 fully saturated rings. The van der Waals surface area contributed by atoms with Crippen LogP contribution in [0.4, 0.5) is 0 Å². The molecule has 0 bridgehead atoms. The first-order valence-corrected chi connectivity index (χ1v) is 6.97. The summed E-state index contributed by atoms with van der Waals surface area (Å²) in [5, 5.41) is 3.32. The molecule has 1 saturated heterocycles. The fourth-order valence-corrected chi connectivity index (χ4v) is 2.96. The Morgan fingerprint density at radius 3 is 2.50 bits per heavy atom. The third-order valence-corrected chi connectivity index (χ3v) is 3.91. The van der Waals surface area contributed by atoms with E-state index in [0.29, 0.717) is 13.2 Å². The van der Waals surface area contributed by atoms with Gasteiger partial charge in [-0.3, -0.25) is 9.69 Å². The molecule has 1 heterocycles. The Morgan fingerprint density at radius 1 is 1.28 bits per heavy atom. The van der Waals surface area contributed by atoms with Crippen LogP contribution in [0.25, 0.3) is 0 Å². The van der Waals surface area contributed by atoms with Gasteiger partial charge in [0.25, 0.3) is 0 Å². The summed E-state index contributed by atoms with van der Waals surface area (Å²) < 4.78 is 10.9. The lowest BCUT2D eigenvalue weighted by Crippen LogP contribution is -2.68. The third kappa shape index (κ3) is 2.53. The normalized spacial score (nSPS) is 32.9. The largest absolute Gasteiger partial charge is 0.465 e. The summed E-state index contributed by atoms with van der Waals surface area (Å²) in [7, 11) is 0. The number of piperazine rings is 1. The van der Waals surface area contributed by atoms with E-state index in [1.807, 2.05) is 13.8 Å². The molecule has 0 amide bonds. The van der Waals surface area contributed by atoms with Crippen molar-refractivity contribution in [3.8, 4) is 0 Å². The highest BCUT2D eigenvalue weighted by molar-refractivity contribution is 5.82. The van der Waals surface area contributed by atoms with Crippen LogP contribution < -0.4 is 5.32 Å². The molecule has 0 unspecified atom stereocenters.